The summed E-state index contributed by atoms with van der Waals surface area (Å²) >= 11 is 3.32. The molecule has 0 bridgehead atoms. The Bertz CT molecular complexity index is 580. The Morgan fingerprint density at radius 1 is 1.30 bits per heavy atom. The lowest BCUT2D eigenvalue weighted by molar-refractivity contribution is 0.305. The first-order chi connectivity index (χ1) is 9.69. The molecule has 106 valence electrons. The van der Waals surface area contributed by atoms with Crippen molar-refractivity contribution in [3.05, 3.63) is 46.4 Å². The Balaban J connectivity index is 2.01. The molecule has 1 heterocycles. The molecule has 0 aliphatic carbocycles. The predicted octanol–water partition coefficient (Wildman–Crippen LogP) is 3.78. The molecule has 1 aromatic carbocycles. The summed E-state index contributed by atoms with van der Waals surface area (Å²) < 4.78 is 19.9. The van der Waals surface area contributed by atoms with Crippen LogP contribution in [0.2, 0.25) is 0 Å². The lowest BCUT2D eigenvalue weighted by Crippen LogP contribution is -2.05. The summed E-state index contributed by atoms with van der Waals surface area (Å²) in [5, 5.41) is 3.05. The van der Waals surface area contributed by atoms with E-state index in [0.29, 0.717) is 30.4 Å². The zero-order valence-electron chi connectivity index (χ0n) is 11.1. The van der Waals surface area contributed by atoms with Gasteiger partial charge in [-0.1, -0.05) is 22.9 Å². The van der Waals surface area contributed by atoms with E-state index in [0.717, 1.165) is 10.9 Å². The number of hydrogen-bond donors (Lipinski definition) is 1. The molecule has 0 spiro atoms. The average Bonchev–Trinajstić information content (AvgIpc) is 2.46. The quantitative estimate of drug-likeness (QED) is 0.869. The summed E-state index contributed by atoms with van der Waals surface area (Å²) in [7, 11) is 0. The molecule has 0 atom stereocenters. The van der Waals surface area contributed by atoms with E-state index in [2.05, 4.69) is 31.2 Å². The summed E-state index contributed by atoms with van der Waals surface area (Å²) in [5.74, 6) is 0.863. The van der Waals surface area contributed by atoms with Crippen LogP contribution in [0.4, 0.5) is 10.2 Å². The Labute approximate surface area is 125 Å². The van der Waals surface area contributed by atoms with E-state index in [1.807, 2.05) is 6.92 Å². The highest BCUT2D eigenvalue weighted by Crippen LogP contribution is 2.17. The molecule has 2 aromatic rings. The zero-order chi connectivity index (χ0) is 14.4. The molecule has 0 aliphatic heterocycles. The summed E-state index contributed by atoms with van der Waals surface area (Å²) in [6.07, 6.45) is 2.33. The molecule has 1 aromatic heterocycles. The van der Waals surface area contributed by atoms with Gasteiger partial charge >= 0.3 is 0 Å². The molecule has 6 heteroatoms. The standard InChI is InChI=1S/C14H15BrFN3O/c1-2-5-20-14-7-13(18-9-19-14)17-8-10-6-11(15)3-4-12(10)16/h3-4,6-7,9H,2,5,8H2,1H3,(H,17,18,19). The maximum atomic E-state index is 13.6. The van der Waals surface area contributed by atoms with Crippen LogP contribution < -0.4 is 10.1 Å². The van der Waals surface area contributed by atoms with Gasteiger partial charge in [0.05, 0.1) is 6.61 Å². The average molecular weight is 340 g/mol. The van der Waals surface area contributed by atoms with Crippen LogP contribution in [-0.2, 0) is 6.54 Å². The first kappa shape index (κ1) is 14.7. The number of anilines is 1. The number of halogens is 2. The van der Waals surface area contributed by atoms with Gasteiger partial charge in [-0.25, -0.2) is 14.4 Å². The molecule has 4 nitrogen and oxygen atoms in total. The van der Waals surface area contributed by atoms with Crippen LogP contribution in [-0.4, -0.2) is 16.6 Å². The van der Waals surface area contributed by atoms with E-state index in [-0.39, 0.29) is 5.82 Å². The molecular formula is C14H15BrFN3O. The van der Waals surface area contributed by atoms with Gasteiger partial charge in [0.25, 0.3) is 0 Å². The van der Waals surface area contributed by atoms with E-state index in [1.54, 1.807) is 18.2 Å². The normalized spacial score (nSPS) is 10.3. The van der Waals surface area contributed by atoms with Crippen LogP contribution in [0.3, 0.4) is 0 Å². The summed E-state index contributed by atoms with van der Waals surface area (Å²) in [6.45, 7) is 2.97. The maximum absolute atomic E-state index is 13.6. The fourth-order valence-electron chi connectivity index (χ4n) is 1.59. The zero-order valence-corrected chi connectivity index (χ0v) is 12.7. The van der Waals surface area contributed by atoms with Crippen LogP contribution >= 0.6 is 15.9 Å². The number of hydrogen-bond acceptors (Lipinski definition) is 4. The van der Waals surface area contributed by atoms with E-state index in [9.17, 15) is 4.39 Å². The lowest BCUT2D eigenvalue weighted by Gasteiger charge is -2.08. The topological polar surface area (TPSA) is 47.0 Å². The van der Waals surface area contributed by atoms with Crippen molar-refractivity contribution < 1.29 is 9.13 Å². The SMILES string of the molecule is CCCOc1cc(NCc2cc(Br)ccc2F)ncn1. The molecule has 0 aliphatic rings. The molecule has 0 radical (unpaired) electrons. The highest BCUT2D eigenvalue weighted by Gasteiger charge is 2.04. The van der Waals surface area contributed by atoms with Gasteiger partial charge in [-0.15, -0.1) is 0 Å². The molecule has 1 N–H and O–H groups in total. The molecule has 0 saturated carbocycles. The van der Waals surface area contributed by atoms with Crippen molar-refractivity contribution in [3.8, 4) is 5.88 Å². The molecule has 2 rings (SSSR count). The van der Waals surface area contributed by atoms with Gasteiger partial charge in [-0.05, 0) is 24.6 Å². The van der Waals surface area contributed by atoms with E-state index in [4.69, 9.17) is 4.74 Å². The highest BCUT2D eigenvalue weighted by atomic mass is 79.9. The first-order valence-corrected chi connectivity index (χ1v) is 7.11. The second-order valence-corrected chi connectivity index (χ2v) is 5.09. The number of ether oxygens (including phenoxy) is 1. The monoisotopic (exact) mass is 339 g/mol. The van der Waals surface area contributed by atoms with Crippen molar-refractivity contribution >= 4 is 21.7 Å². The number of benzene rings is 1. The fourth-order valence-corrected chi connectivity index (χ4v) is 1.99. The number of rotatable bonds is 6. The number of nitrogens with zero attached hydrogens (tertiary/aromatic N) is 2. The van der Waals surface area contributed by atoms with Crippen LogP contribution in [0.15, 0.2) is 35.1 Å². The van der Waals surface area contributed by atoms with Crippen molar-refractivity contribution in [2.24, 2.45) is 0 Å². The Hall–Kier alpha value is -1.69. The molecule has 0 amide bonds. The Kier molecular flexibility index (Phi) is 5.29. The predicted molar refractivity (Wildman–Crippen MR) is 79.2 cm³/mol. The second kappa shape index (κ2) is 7.19. The van der Waals surface area contributed by atoms with Crippen LogP contribution in [0.25, 0.3) is 0 Å². The smallest absolute Gasteiger partial charge is 0.218 e. The van der Waals surface area contributed by atoms with Gasteiger partial charge in [0.1, 0.15) is 18.0 Å². The second-order valence-electron chi connectivity index (χ2n) is 4.18. The summed E-state index contributed by atoms with van der Waals surface area (Å²) in [5.41, 5.74) is 0.564. The fraction of sp³-hybridized carbons (Fsp3) is 0.286. The third kappa shape index (κ3) is 4.16. The molecule has 20 heavy (non-hydrogen) atoms. The lowest BCUT2D eigenvalue weighted by atomic mass is 10.2. The van der Waals surface area contributed by atoms with Gasteiger partial charge in [0, 0.05) is 22.6 Å². The van der Waals surface area contributed by atoms with Crippen LogP contribution in [0.1, 0.15) is 18.9 Å². The van der Waals surface area contributed by atoms with Gasteiger partial charge < -0.3 is 10.1 Å². The number of nitrogens with one attached hydrogen (secondary N) is 1. The Morgan fingerprint density at radius 2 is 2.15 bits per heavy atom. The van der Waals surface area contributed by atoms with Crippen LogP contribution in [0, 0.1) is 5.82 Å². The third-order valence-electron chi connectivity index (χ3n) is 2.56. The van der Waals surface area contributed by atoms with E-state index in [1.165, 1.54) is 12.4 Å². The van der Waals surface area contributed by atoms with Gasteiger partial charge in [0.2, 0.25) is 5.88 Å². The summed E-state index contributed by atoms with van der Waals surface area (Å²) in [6, 6.07) is 6.53. The minimum Gasteiger partial charge on any atom is -0.478 e. The van der Waals surface area contributed by atoms with Crippen molar-refractivity contribution in [2.75, 3.05) is 11.9 Å². The van der Waals surface area contributed by atoms with Crippen molar-refractivity contribution in [3.63, 3.8) is 0 Å². The van der Waals surface area contributed by atoms with Gasteiger partial charge in [-0.3, -0.25) is 0 Å². The highest BCUT2D eigenvalue weighted by molar-refractivity contribution is 9.10. The molecule has 0 unspecified atom stereocenters. The Morgan fingerprint density at radius 3 is 2.95 bits per heavy atom. The van der Waals surface area contributed by atoms with Crippen molar-refractivity contribution in [1.29, 1.82) is 0 Å². The first-order valence-electron chi connectivity index (χ1n) is 6.31. The van der Waals surface area contributed by atoms with Crippen LogP contribution in [0.5, 0.6) is 5.88 Å². The number of aromatic nitrogens is 2. The van der Waals surface area contributed by atoms with E-state index < -0.39 is 0 Å². The minimum atomic E-state index is -0.253. The van der Waals surface area contributed by atoms with Gasteiger partial charge in [-0.2, -0.15) is 0 Å². The minimum absolute atomic E-state index is 0.253. The molecule has 0 saturated heterocycles. The maximum Gasteiger partial charge on any atom is 0.218 e. The molecule has 0 fully saturated rings. The summed E-state index contributed by atoms with van der Waals surface area (Å²) in [4.78, 5) is 8.09. The van der Waals surface area contributed by atoms with Crippen molar-refractivity contribution in [1.82, 2.24) is 9.97 Å². The van der Waals surface area contributed by atoms with E-state index >= 15 is 0 Å². The largest absolute Gasteiger partial charge is 0.478 e. The van der Waals surface area contributed by atoms with Gasteiger partial charge in [0.15, 0.2) is 0 Å². The molecular weight excluding hydrogens is 325 g/mol. The van der Waals surface area contributed by atoms with Crippen molar-refractivity contribution in [2.45, 2.75) is 19.9 Å². The third-order valence-corrected chi connectivity index (χ3v) is 3.06.